The molecule has 2 rings (SSSR count). The first-order valence-electron chi connectivity index (χ1n) is 7.79. The van der Waals surface area contributed by atoms with E-state index in [1.807, 2.05) is 23.0 Å². The second kappa shape index (κ2) is 8.89. The zero-order valence-corrected chi connectivity index (χ0v) is 13.6. The molecule has 0 unspecified atom stereocenters. The third kappa shape index (κ3) is 5.07. The molecule has 0 aliphatic carbocycles. The third-order valence-corrected chi connectivity index (χ3v) is 3.32. The molecule has 0 aliphatic rings. The van der Waals surface area contributed by atoms with Crippen molar-refractivity contribution < 1.29 is 9.94 Å². The van der Waals surface area contributed by atoms with Crippen LogP contribution in [-0.2, 0) is 11.3 Å². The highest BCUT2D eigenvalue weighted by Crippen LogP contribution is 2.16. The summed E-state index contributed by atoms with van der Waals surface area (Å²) in [7, 11) is 0. The van der Waals surface area contributed by atoms with Crippen LogP contribution in [0.5, 0.6) is 0 Å². The molecule has 0 amide bonds. The van der Waals surface area contributed by atoms with E-state index in [2.05, 4.69) is 28.2 Å². The van der Waals surface area contributed by atoms with Crippen LogP contribution in [0.2, 0.25) is 0 Å². The van der Waals surface area contributed by atoms with E-state index in [1.54, 1.807) is 18.5 Å². The van der Waals surface area contributed by atoms with Gasteiger partial charge in [-0.05, 0) is 44.4 Å². The number of nitrogens with one attached hydrogen (secondary N) is 1. The Morgan fingerprint density at radius 2 is 2.26 bits per heavy atom. The lowest BCUT2D eigenvalue weighted by atomic mass is 10.3. The van der Waals surface area contributed by atoms with Crippen LogP contribution >= 0.6 is 0 Å². The number of allylic oxidation sites excluding steroid dienone is 2. The highest BCUT2D eigenvalue weighted by Gasteiger charge is 2.09. The van der Waals surface area contributed by atoms with Gasteiger partial charge < -0.3 is 9.30 Å². The Bertz CT molecular complexity index is 639. The van der Waals surface area contributed by atoms with E-state index in [0.717, 1.165) is 31.6 Å². The number of unbranched alkanes of at least 4 members (excludes halogenated alkanes) is 1. The molecule has 2 heterocycles. The van der Waals surface area contributed by atoms with Crippen molar-refractivity contribution in [2.24, 2.45) is 0 Å². The van der Waals surface area contributed by atoms with E-state index in [4.69, 9.17) is 9.94 Å². The van der Waals surface area contributed by atoms with E-state index in [1.165, 1.54) is 0 Å². The third-order valence-electron chi connectivity index (χ3n) is 3.32. The second-order valence-corrected chi connectivity index (χ2v) is 5.15. The summed E-state index contributed by atoms with van der Waals surface area (Å²) in [5.41, 5.74) is 2.71. The molecular weight excluding hydrogens is 294 g/mol. The molecular formula is C16H23N5O2. The standard InChI is InChI=1S/C16H23N5O2/c1-3-7-13(2)23-11-5-4-10-21-12-17-19-16(21)14-8-6-9-15(18-14)20-22/h6-9,12,22H,3-5,10-11H2,1-2H3,(H,18,20)/b13-7+. The van der Waals surface area contributed by atoms with Gasteiger partial charge in [-0.1, -0.05) is 13.0 Å². The number of ether oxygens (including phenoxy) is 1. The fraction of sp³-hybridized carbons (Fsp3) is 0.438. The van der Waals surface area contributed by atoms with Crippen molar-refractivity contribution in [1.29, 1.82) is 0 Å². The lowest BCUT2D eigenvalue weighted by molar-refractivity contribution is 0.205. The van der Waals surface area contributed by atoms with E-state index in [-0.39, 0.29) is 0 Å². The van der Waals surface area contributed by atoms with Crippen LogP contribution in [0, 0.1) is 0 Å². The fourth-order valence-electron chi connectivity index (χ4n) is 2.20. The van der Waals surface area contributed by atoms with Crippen LogP contribution < -0.4 is 5.48 Å². The fourth-order valence-corrected chi connectivity index (χ4v) is 2.20. The number of aromatic nitrogens is 4. The van der Waals surface area contributed by atoms with E-state index < -0.39 is 0 Å². The van der Waals surface area contributed by atoms with E-state index in [0.29, 0.717) is 23.9 Å². The van der Waals surface area contributed by atoms with Crippen molar-refractivity contribution in [2.45, 2.75) is 39.7 Å². The molecule has 23 heavy (non-hydrogen) atoms. The topological polar surface area (TPSA) is 85.1 Å². The predicted octanol–water partition coefficient (Wildman–Crippen LogP) is 3.25. The quantitative estimate of drug-likeness (QED) is 0.419. The Labute approximate surface area is 136 Å². The van der Waals surface area contributed by atoms with Crippen LogP contribution in [-0.4, -0.2) is 31.6 Å². The van der Waals surface area contributed by atoms with Crippen LogP contribution in [0.4, 0.5) is 5.82 Å². The van der Waals surface area contributed by atoms with E-state index >= 15 is 0 Å². The average molecular weight is 317 g/mol. The molecule has 7 heteroatoms. The summed E-state index contributed by atoms with van der Waals surface area (Å²) in [6.07, 6.45) is 6.68. The molecule has 0 spiro atoms. The van der Waals surface area contributed by atoms with Crippen molar-refractivity contribution in [3.8, 4) is 11.5 Å². The van der Waals surface area contributed by atoms with Crippen molar-refractivity contribution in [1.82, 2.24) is 19.7 Å². The molecule has 124 valence electrons. The Kier molecular flexibility index (Phi) is 6.56. The maximum Gasteiger partial charge on any atom is 0.182 e. The maximum absolute atomic E-state index is 8.94. The Hall–Kier alpha value is -2.41. The summed E-state index contributed by atoms with van der Waals surface area (Å²) < 4.78 is 7.58. The van der Waals surface area contributed by atoms with Gasteiger partial charge in [0.2, 0.25) is 0 Å². The molecule has 0 aliphatic heterocycles. The lowest BCUT2D eigenvalue weighted by Gasteiger charge is -2.08. The summed E-state index contributed by atoms with van der Waals surface area (Å²) >= 11 is 0. The summed E-state index contributed by atoms with van der Waals surface area (Å²) in [6.45, 7) is 5.58. The Morgan fingerprint density at radius 3 is 3.04 bits per heavy atom. The van der Waals surface area contributed by atoms with Gasteiger partial charge in [0.15, 0.2) is 5.82 Å². The van der Waals surface area contributed by atoms with Gasteiger partial charge >= 0.3 is 0 Å². The highest BCUT2D eigenvalue weighted by atomic mass is 16.5. The van der Waals surface area contributed by atoms with Gasteiger partial charge in [0.05, 0.1) is 12.4 Å². The summed E-state index contributed by atoms with van der Waals surface area (Å²) in [5.74, 6) is 2.05. The maximum atomic E-state index is 8.94. The molecule has 7 nitrogen and oxygen atoms in total. The zero-order valence-electron chi connectivity index (χ0n) is 13.6. The Balaban J connectivity index is 1.88. The molecule has 0 saturated heterocycles. The van der Waals surface area contributed by atoms with Gasteiger partial charge in [0.1, 0.15) is 17.8 Å². The monoisotopic (exact) mass is 317 g/mol. The predicted molar refractivity (Wildman–Crippen MR) is 87.9 cm³/mol. The molecule has 0 fully saturated rings. The van der Waals surface area contributed by atoms with Gasteiger partial charge in [-0.3, -0.25) is 10.7 Å². The molecule has 0 atom stereocenters. The zero-order chi connectivity index (χ0) is 16.5. The number of hydrogen-bond donors (Lipinski definition) is 2. The minimum absolute atomic E-state index is 0.378. The van der Waals surface area contributed by atoms with Gasteiger partial charge in [-0.25, -0.2) is 4.98 Å². The van der Waals surface area contributed by atoms with Crippen LogP contribution in [0.3, 0.4) is 0 Å². The van der Waals surface area contributed by atoms with E-state index in [9.17, 15) is 0 Å². The van der Waals surface area contributed by atoms with Crippen LogP contribution in [0.15, 0.2) is 36.4 Å². The van der Waals surface area contributed by atoms with Crippen molar-refractivity contribution >= 4 is 5.82 Å². The van der Waals surface area contributed by atoms with Crippen molar-refractivity contribution in [3.05, 3.63) is 36.4 Å². The first kappa shape index (κ1) is 17.0. The highest BCUT2D eigenvalue weighted by molar-refractivity contribution is 5.52. The number of aryl methyl sites for hydroxylation is 1. The minimum Gasteiger partial charge on any atom is -0.499 e. The summed E-state index contributed by atoms with van der Waals surface area (Å²) in [5, 5.41) is 17.0. The Morgan fingerprint density at radius 1 is 1.39 bits per heavy atom. The van der Waals surface area contributed by atoms with Gasteiger partial charge in [-0.15, -0.1) is 10.2 Å². The van der Waals surface area contributed by atoms with Gasteiger partial charge in [0, 0.05) is 6.54 Å². The number of anilines is 1. The number of pyridine rings is 1. The van der Waals surface area contributed by atoms with Crippen molar-refractivity contribution in [3.63, 3.8) is 0 Å². The largest absolute Gasteiger partial charge is 0.499 e. The van der Waals surface area contributed by atoms with Crippen LogP contribution in [0.25, 0.3) is 11.5 Å². The summed E-state index contributed by atoms with van der Waals surface area (Å²) in [4.78, 5) is 4.27. The molecule has 2 aromatic heterocycles. The number of nitrogens with zero attached hydrogens (tertiary/aromatic N) is 4. The molecule has 0 saturated carbocycles. The normalized spacial score (nSPS) is 11.5. The second-order valence-electron chi connectivity index (χ2n) is 5.15. The molecule has 2 N–H and O–H groups in total. The first-order valence-corrected chi connectivity index (χ1v) is 7.79. The average Bonchev–Trinajstić information content (AvgIpc) is 3.03. The minimum atomic E-state index is 0.378. The molecule has 0 bridgehead atoms. The smallest absolute Gasteiger partial charge is 0.182 e. The van der Waals surface area contributed by atoms with Gasteiger partial charge in [0.25, 0.3) is 0 Å². The van der Waals surface area contributed by atoms with Gasteiger partial charge in [-0.2, -0.15) is 0 Å². The molecule has 0 aromatic carbocycles. The first-order chi connectivity index (χ1) is 11.2. The number of hydrogen-bond acceptors (Lipinski definition) is 6. The van der Waals surface area contributed by atoms with Crippen molar-refractivity contribution in [2.75, 3.05) is 12.1 Å². The lowest BCUT2D eigenvalue weighted by Crippen LogP contribution is -2.03. The SMILES string of the molecule is CC/C=C(\C)OCCCCn1cnnc1-c1cccc(NO)n1. The van der Waals surface area contributed by atoms with Crippen LogP contribution in [0.1, 0.15) is 33.1 Å². The number of rotatable bonds is 9. The summed E-state index contributed by atoms with van der Waals surface area (Å²) in [6, 6.07) is 5.31. The molecule has 2 aromatic rings. The molecule has 0 radical (unpaired) electrons.